The monoisotopic (exact) mass is 639 g/mol. The summed E-state index contributed by atoms with van der Waals surface area (Å²) in [7, 11) is 0. The molecule has 12 aromatic rings. The lowest BCUT2D eigenvalue weighted by molar-refractivity contribution is 0.653. The number of para-hydroxylation sites is 2. The van der Waals surface area contributed by atoms with Crippen LogP contribution in [0.3, 0.4) is 0 Å². The number of furan rings is 3. The Labute approximate surface area is 281 Å². The van der Waals surface area contributed by atoms with Crippen LogP contribution in [-0.4, -0.2) is 14.5 Å². The van der Waals surface area contributed by atoms with Gasteiger partial charge in [-0.25, -0.2) is 9.97 Å². The lowest BCUT2D eigenvalue weighted by Gasteiger charge is -2.14. The lowest BCUT2D eigenvalue weighted by atomic mass is 9.95. The van der Waals surface area contributed by atoms with E-state index in [9.17, 15) is 0 Å². The van der Waals surface area contributed by atoms with E-state index >= 15 is 0 Å². The van der Waals surface area contributed by atoms with E-state index in [2.05, 4.69) is 83.4 Å². The molecule has 0 saturated heterocycles. The summed E-state index contributed by atoms with van der Waals surface area (Å²) in [6.45, 7) is 0. The zero-order valence-corrected chi connectivity index (χ0v) is 26.2. The Morgan fingerprint density at radius 1 is 0.400 bits per heavy atom. The zero-order valence-electron chi connectivity index (χ0n) is 26.2. The predicted molar refractivity (Wildman–Crippen MR) is 200 cm³/mol. The van der Waals surface area contributed by atoms with Gasteiger partial charge in [-0.15, -0.1) is 0 Å². The topological polar surface area (TPSA) is 70.1 Å². The summed E-state index contributed by atoms with van der Waals surface area (Å²) in [6.07, 6.45) is 0. The normalized spacial score (nSPS) is 12.8. The Balaban J connectivity index is 1.28. The van der Waals surface area contributed by atoms with Crippen molar-refractivity contribution in [3.8, 4) is 28.2 Å². The maximum absolute atomic E-state index is 6.54. The Bertz CT molecular complexity index is 3500. The second-order valence-corrected chi connectivity index (χ2v) is 13.2. The average Bonchev–Trinajstić information content (AvgIpc) is 3.90. The van der Waals surface area contributed by atoms with Gasteiger partial charge in [-0.1, -0.05) is 78.9 Å². The third-order valence-electron chi connectivity index (χ3n) is 10.8. The zero-order chi connectivity index (χ0) is 32.2. The van der Waals surface area contributed by atoms with Crippen LogP contribution in [0.15, 0.2) is 141 Å². The summed E-state index contributed by atoms with van der Waals surface area (Å²) in [6, 6.07) is 44.1. The van der Waals surface area contributed by atoms with Crippen molar-refractivity contribution in [1.29, 1.82) is 0 Å². The fraction of sp³-hybridized carbons (Fsp3) is 0. The van der Waals surface area contributed by atoms with E-state index in [4.69, 9.17) is 23.2 Å². The number of nitrogens with zero attached hydrogens (tertiary/aromatic N) is 3. The van der Waals surface area contributed by atoms with E-state index in [1.807, 2.05) is 48.5 Å². The molecule has 1 aliphatic carbocycles. The van der Waals surface area contributed by atoms with Gasteiger partial charge in [0.2, 0.25) is 5.71 Å². The Hall–Kier alpha value is -6.92. The van der Waals surface area contributed by atoms with Crippen molar-refractivity contribution in [3.05, 3.63) is 127 Å². The molecule has 0 atom stereocenters. The molecule has 0 aliphatic heterocycles. The quantitative estimate of drug-likeness (QED) is 0.188. The van der Waals surface area contributed by atoms with Crippen molar-refractivity contribution in [2.45, 2.75) is 0 Å². The van der Waals surface area contributed by atoms with Gasteiger partial charge in [0.15, 0.2) is 5.82 Å². The smallest absolute Gasteiger partial charge is 0.247 e. The van der Waals surface area contributed by atoms with Gasteiger partial charge in [-0.05, 0) is 70.4 Å². The minimum absolute atomic E-state index is 0.497. The highest BCUT2D eigenvalue weighted by atomic mass is 16.3. The molecule has 0 N–H and O–H groups in total. The van der Waals surface area contributed by atoms with Crippen molar-refractivity contribution in [3.63, 3.8) is 0 Å². The largest absolute Gasteiger partial charge is 0.456 e. The van der Waals surface area contributed by atoms with Crippen LogP contribution in [0, 0.1) is 0 Å². The molecule has 0 spiro atoms. The van der Waals surface area contributed by atoms with Crippen LogP contribution in [0.2, 0.25) is 0 Å². The summed E-state index contributed by atoms with van der Waals surface area (Å²) in [4.78, 5) is 10.9. The fourth-order valence-corrected chi connectivity index (χ4v) is 8.77. The number of hydrogen-bond acceptors (Lipinski definition) is 5. The third-order valence-corrected chi connectivity index (χ3v) is 10.8. The summed E-state index contributed by atoms with van der Waals surface area (Å²) in [5, 5.41) is 10.0. The standard InChI is InChI=1S/C44H21N3O3/c1-3-14-30-25(9-1)36-27(13-7-16-32(36)48-30)41-43(45-42-26-10-2-4-15-31(26)50-44(42)46-41)47-28-19-18-22-8-5-11-23-24-12-6-17-33-37(24)40-34(49-33)21-20-29(47)39(40)38(28)35(22)23/h1-21H. The molecule has 0 amide bonds. The highest BCUT2D eigenvalue weighted by Gasteiger charge is 2.29. The number of aromatic nitrogens is 3. The van der Waals surface area contributed by atoms with Crippen LogP contribution in [0.1, 0.15) is 0 Å². The first kappa shape index (κ1) is 25.1. The van der Waals surface area contributed by atoms with E-state index in [0.29, 0.717) is 5.71 Å². The fourth-order valence-electron chi connectivity index (χ4n) is 8.77. The van der Waals surface area contributed by atoms with Gasteiger partial charge in [-0.3, -0.25) is 4.57 Å². The van der Waals surface area contributed by atoms with Crippen molar-refractivity contribution in [2.24, 2.45) is 0 Å². The van der Waals surface area contributed by atoms with Gasteiger partial charge >= 0.3 is 0 Å². The molecule has 7 aromatic carbocycles. The van der Waals surface area contributed by atoms with Gasteiger partial charge < -0.3 is 13.3 Å². The molecule has 5 aromatic heterocycles. The summed E-state index contributed by atoms with van der Waals surface area (Å²) >= 11 is 0. The molecule has 0 fully saturated rings. The maximum Gasteiger partial charge on any atom is 0.247 e. The molecule has 13 rings (SSSR count). The summed E-state index contributed by atoms with van der Waals surface area (Å²) in [5.74, 6) is 0.728. The van der Waals surface area contributed by atoms with Crippen LogP contribution in [0.5, 0.6) is 0 Å². The van der Waals surface area contributed by atoms with Gasteiger partial charge in [0.05, 0.1) is 11.0 Å². The lowest BCUT2D eigenvalue weighted by Crippen LogP contribution is -2.03. The van der Waals surface area contributed by atoms with Crippen molar-refractivity contribution in [1.82, 2.24) is 14.5 Å². The molecular weight excluding hydrogens is 619 g/mol. The molecule has 0 unspecified atom stereocenters. The molecule has 230 valence electrons. The van der Waals surface area contributed by atoms with Gasteiger partial charge in [0.25, 0.3) is 0 Å². The number of rotatable bonds is 2. The molecule has 0 radical (unpaired) electrons. The first-order valence-corrected chi connectivity index (χ1v) is 16.7. The van der Waals surface area contributed by atoms with Crippen molar-refractivity contribution >= 4 is 98.7 Å². The van der Waals surface area contributed by atoms with E-state index in [-0.39, 0.29) is 0 Å². The van der Waals surface area contributed by atoms with Crippen LogP contribution < -0.4 is 0 Å². The van der Waals surface area contributed by atoms with E-state index in [1.165, 1.54) is 27.3 Å². The SMILES string of the molecule is c1cc2c3c(c1)ccc1c3c3c4c(ccc3n1-c1nc3c(nc1-c1cccc5oc6ccccc6c15)oc1ccccc13)oc1cccc-2c14. The van der Waals surface area contributed by atoms with E-state index < -0.39 is 0 Å². The molecule has 0 saturated carbocycles. The Morgan fingerprint density at radius 2 is 1.02 bits per heavy atom. The number of hydrogen-bond donors (Lipinski definition) is 0. The highest BCUT2D eigenvalue weighted by Crippen LogP contribution is 2.51. The first-order chi connectivity index (χ1) is 24.8. The molecule has 6 heteroatoms. The molecule has 0 bridgehead atoms. The maximum atomic E-state index is 6.54. The Kier molecular flexibility index (Phi) is 4.30. The van der Waals surface area contributed by atoms with Crippen LogP contribution in [0.25, 0.3) is 127 Å². The van der Waals surface area contributed by atoms with Crippen molar-refractivity contribution in [2.75, 3.05) is 0 Å². The molecule has 50 heavy (non-hydrogen) atoms. The van der Waals surface area contributed by atoms with Crippen LogP contribution >= 0.6 is 0 Å². The average molecular weight is 640 g/mol. The predicted octanol–water partition coefficient (Wildman–Crippen LogP) is 12.1. The van der Waals surface area contributed by atoms with E-state index in [1.54, 1.807) is 0 Å². The van der Waals surface area contributed by atoms with Crippen LogP contribution in [0.4, 0.5) is 0 Å². The number of benzene rings is 7. The van der Waals surface area contributed by atoms with Crippen LogP contribution in [-0.2, 0) is 0 Å². The second kappa shape index (κ2) is 8.56. The van der Waals surface area contributed by atoms with Gasteiger partial charge in [0, 0.05) is 43.3 Å². The van der Waals surface area contributed by atoms with Gasteiger partial charge in [0.1, 0.15) is 39.1 Å². The molecule has 1 aliphatic rings. The minimum atomic E-state index is 0.497. The summed E-state index contributed by atoms with van der Waals surface area (Å²) in [5.41, 5.74) is 11.5. The highest BCUT2D eigenvalue weighted by molar-refractivity contribution is 6.38. The summed E-state index contributed by atoms with van der Waals surface area (Å²) < 4.78 is 21.6. The van der Waals surface area contributed by atoms with Crippen molar-refractivity contribution < 1.29 is 13.3 Å². The second-order valence-electron chi connectivity index (χ2n) is 13.2. The molecule has 6 nitrogen and oxygen atoms in total. The van der Waals surface area contributed by atoms with Gasteiger partial charge in [-0.2, -0.15) is 0 Å². The Morgan fingerprint density at radius 3 is 1.88 bits per heavy atom. The minimum Gasteiger partial charge on any atom is -0.456 e. The number of fused-ring (bicyclic) bond motifs is 7. The first-order valence-electron chi connectivity index (χ1n) is 16.7. The third kappa shape index (κ3) is 2.89. The van der Waals surface area contributed by atoms with E-state index in [0.717, 1.165) is 93.9 Å². The molecule has 5 heterocycles. The molecular formula is C44H21N3O3.